The summed E-state index contributed by atoms with van der Waals surface area (Å²) >= 11 is 1.65. The molecule has 8 heteroatoms. The molecule has 0 bridgehead atoms. The molecule has 2 heterocycles. The highest BCUT2D eigenvalue weighted by Crippen LogP contribution is 2.36. The number of rotatable bonds is 13. The van der Waals surface area contributed by atoms with Gasteiger partial charge in [-0.2, -0.15) is 4.98 Å². The standard InChI is InChI=1S/C23H33N5O2S/c1-4-17(15-29)11-13-24-21-20(22-27-18-9-6-7-10-19(18)31-22)16(3)26-23(28-21)25-12-8-14-30-5-2/h6-7,9-10,17,29H,4-5,8,11-15H2,1-3H3,(H2,24,25,26,28). The molecule has 3 N–H and O–H groups in total. The van der Waals surface area contributed by atoms with Crippen molar-refractivity contribution in [2.45, 2.75) is 40.0 Å². The molecule has 0 aliphatic carbocycles. The molecule has 0 amide bonds. The van der Waals surface area contributed by atoms with Crippen LogP contribution in [0.15, 0.2) is 24.3 Å². The molecule has 2 aromatic heterocycles. The molecule has 0 saturated carbocycles. The van der Waals surface area contributed by atoms with Gasteiger partial charge in [0.25, 0.3) is 0 Å². The number of hydrogen-bond acceptors (Lipinski definition) is 8. The van der Waals surface area contributed by atoms with Crippen LogP contribution in [0.2, 0.25) is 0 Å². The summed E-state index contributed by atoms with van der Waals surface area (Å²) in [5.41, 5.74) is 2.81. The van der Waals surface area contributed by atoms with E-state index < -0.39 is 0 Å². The first-order chi connectivity index (χ1) is 15.2. The van der Waals surface area contributed by atoms with E-state index in [-0.39, 0.29) is 12.5 Å². The van der Waals surface area contributed by atoms with Crippen molar-refractivity contribution in [1.29, 1.82) is 0 Å². The maximum atomic E-state index is 9.50. The average Bonchev–Trinajstić information content (AvgIpc) is 3.20. The van der Waals surface area contributed by atoms with Crippen molar-refractivity contribution < 1.29 is 9.84 Å². The Bertz CT molecular complexity index is 925. The summed E-state index contributed by atoms with van der Waals surface area (Å²) in [5, 5.41) is 17.2. The molecular formula is C23H33N5O2S. The number of ether oxygens (including phenoxy) is 1. The SMILES string of the molecule is CCOCCCNc1nc(C)c(-c2nc3ccccc3s2)c(NCCC(CC)CO)n1. The van der Waals surface area contributed by atoms with Gasteiger partial charge in [-0.1, -0.05) is 25.5 Å². The molecule has 0 aliphatic heterocycles. The lowest BCUT2D eigenvalue weighted by Crippen LogP contribution is -2.15. The number of aryl methyl sites for hydroxylation is 1. The Kier molecular flexibility index (Phi) is 8.99. The van der Waals surface area contributed by atoms with Crippen molar-refractivity contribution in [3.05, 3.63) is 30.0 Å². The van der Waals surface area contributed by atoms with Gasteiger partial charge in [-0.25, -0.2) is 9.97 Å². The number of nitrogens with zero attached hydrogens (tertiary/aromatic N) is 3. The highest BCUT2D eigenvalue weighted by Gasteiger charge is 2.18. The number of fused-ring (bicyclic) bond motifs is 1. The van der Waals surface area contributed by atoms with E-state index in [0.717, 1.165) is 77.9 Å². The Morgan fingerprint density at radius 2 is 1.94 bits per heavy atom. The molecule has 1 atom stereocenters. The minimum atomic E-state index is 0.207. The molecule has 168 valence electrons. The number of nitrogens with one attached hydrogen (secondary N) is 2. The maximum absolute atomic E-state index is 9.50. The van der Waals surface area contributed by atoms with Crippen LogP contribution in [0, 0.1) is 12.8 Å². The van der Waals surface area contributed by atoms with Crippen LogP contribution < -0.4 is 10.6 Å². The average molecular weight is 444 g/mol. The molecule has 3 rings (SSSR count). The van der Waals surface area contributed by atoms with E-state index in [1.165, 1.54) is 0 Å². The Labute approximate surface area is 188 Å². The van der Waals surface area contributed by atoms with Crippen molar-refractivity contribution >= 4 is 33.3 Å². The predicted molar refractivity (Wildman–Crippen MR) is 129 cm³/mol. The summed E-state index contributed by atoms with van der Waals surface area (Å²) in [5.74, 6) is 1.68. The Morgan fingerprint density at radius 1 is 1.10 bits per heavy atom. The topological polar surface area (TPSA) is 92.2 Å². The highest BCUT2D eigenvalue weighted by molar-refractivity contribution is 7.21. The quantitative estimate of drug-likeness (QED) is 0.329. The maximum Gasteiger partial charge on any atom is 0.224 e. The lowest BCUT2D eigenvalue weighted by molar-refractivity contribution is 0.147. The van der Waals surface area contributed by atoms with Gasteiger partial charge in [0.05, 0.1) is 21.5 Å². The third-order valence-electron chi connectivity index (χ3n) is 5.23. The van der Waals surface area contributed by atoms with Crippen LogP contribution in [0.5, 0.6) is 0 Å². The van der Waals surface area contributed by atoms with Crippen molar-refractivity contribution in [3.8, 4) is 10.6 Å². The zero-order chi connectivity index (χ0) is 22.1. The van der Waals surface area contributed by atoms with Crippen LogP contribution >= 0.6 is 11.3 Å². The van der Waals surface area contributed by atoms with E-state index in [0.29, 0.717) is 5.95 Å². The van der Waals surface area contributed by atoms with Crippen LogP contribution in [-0.4, -0.2) is 53.0 Å². The number of aromatic nitrogens is 3. The minimum Gasteiger partial charge on any atom is -0.396 e. The van der Waals surface area contributed by atoms with E-state index in [1.807, 2.05) is 32.0 Å². The molecular weight excluding hydrogens is 410 g/mol. The van der Waals surface area contributed by atoms with E-state index >= 15 is 0 Å². The van der Waals surface area contributed by atoms with Gasteiger partial charge < -0.3 is 20.5 Å². The summed E-state index contributed by atoms with van der Waals surface area (Å²) in [4.78, 5) is 14.3. The van der Waals surface area contributed by atoms with Gasteiger partial charge in [0.1, 0.15) is 10.8 Å². The summed E-state index contributed by atoms with van der Waals surface area (Å²) < 4.78 is 6.55. The largest absolute Gasteiger partial charge is 0.396 e. The lowest BCUT2D eigenvalue weighted by atomic mass is 10.0. The summed E-state index contributed by atoms with van der Waals surface area (Å²) in [6, 6.07) is 8.15. The molecule has 1 aromatic carbocycles. The Hall–Kier alpha value is -2.29. The zero-order valence-corrected chi connectivity index (χ0v) is 19.5. The Balaban J connectivity index is 1.84. The van der Waals surface area contributed by atoms with Gasteiger partial charge in [0.2, 0.25) is 5.95 Å². The van der Waals surface area contributed by atoms with E-state index in [9.17, 15) is 5.11 Å². The van der Waals surface area contributed by atoms with Gasteiger partial charge in [-0.15, -0.1) is 11.3 Å². The number of aliphatic hydroxyl groups excluding tert-OH is 1. The lowest BCUT2D eigenvalue weighted by Gasteiger charge is -2.16. The van der Waals surface area contributed by atoms with E-state index in [2.05, 4.69) is 23.6 Å². The van der Waals surface area contributed by atoms with E-state index in [1.54, 1.807) is 11.3 Å². The van der Waals surface area contributed by atoms with E-state index in [4.69, 9.17) is 19.7 Å². The molecule has 0 spiro atoms. The number of para-hydroxylation sites is 1. The van der Waals surface area contributed by atoms with Gasteiger partial charge >= 0.3 is 0 Å². The fourth-order valence-electron chi connectivity index (χ4n) is 3.35. The monoisotopic (exact) mass is 443 g/mol. The second kappa shape index (κ2) is 11.9. The first-order valence-electron chi connectivity index (χ1n) is 11.1. The third kappa shape index (κ3) is 6.35. The molecule has 0 radical (unpaired) electrons. The van der Waals surface area contributed by atoms with Crippen LogP contribution in [0.1, 0.15) is 38.8 Å². The van der Waals surface area contributed by atoms with Crippen molar-refractivity contribution in [3.63, 3.8) is 0 Å². The second-order valence-electron chi connectivity index (χ2n) is 7.49. The summed E-state index contributed by atoms with van der Waals surface area (Å²) in [7, 11) is 0. The fourth-order valence-corrected chi connectivity index (χ4v) is 4.42. The number of aliphatic hydroxyl groups is 1. The molecule has 0 fully saturated rings. The molecule has 0 aliphatic rings. The minimum absolute atomic E-state index is 0.207. The van der Waals surface area contributed by atoms with Crippen LogP contribution in [-0.2, 0) is 4.74 Å². The van der Waals surface area contributed by atoms with Gasteiger partial charge in [-0.05, 0) is 44.7 Å². The first kappa shape index (κ1) is 23.4. The van der Waals surface area contributed by atoms with Gasteiger partial charge in [-0.3, -0.25) is 0 Å². The molecule has 0 saturated heterocycles. The summed E-state index contributed by atoms with van der Waals surface area (Å²) in [6.45, 7) is 9.24. The molecule has 3 aromatic rings. The van der Waals surface area contributed by atoms with Crippen LogP contribution in [0.4, 0.5) is 11.8 Å². The first-order valence-corrected chi connectivity index (χ1v) is 11.9. The molecule has 31 heavy (non-hydrogen) atoms. The predicted octanol–water partition coefficient (Wildman–Crippen LogP) is 4.72. The summed E-state index contributed by atoms with van der Waals surface area (Å²) in [6.07, 6.45) is 2.73. The zero-order valence-electron chi connectivity index (χ0n) is 18.6. The van der Waals surface area contributed by atoms with Crippen LogP contribution in [0.3, 0.4) is 0 Å². The smallest absolute Gasteiger partial charge is 0.224 e. The molecule has 1 unspecified atom stereocenters. The van der Waals surface area contributed by atoms with Crippen molar-refractivity contribution in [2.75, 3.05) is 43.5 Å². The fraction of sp³-hybridized carbons (Fsp3) is 0.522. The normalized spacial score (nSPS) is 12.3. The number of benzene rings is 1. The number of hydrogen-bond donors (Lipinski definition) is 3. The number of anilines is 2. The third-order valence-corrected chi connectivity index (χ3v) is 6.28. The van der Waals surface area contributed by atoms with Gasteiger partial charge in [0, 0.05) is 32.9 Å². The number of thiazole rings is 1. The Morgan fingerprint density at radius 3 is 2.68 bits per heavy atom. The second-order valence-corrected chi connectivity index (χ2v) is 8.52. The van der Waals surface area contributed by atoms with Crippen molar-refractivity contribution in [2.24, 2.45) is 5.92 Å². The molecule has 7 nitrogen and oxygen atoms in total. The van der Waals surface area contributed by atoms with Crippen molar-refractivity contribution in [1.82, 2.24) is 15.0 Å². The van der Waals surface area contributed by atoms with Crippen LogP contribution in [0.25, 0.3) is 20.8 Å². The highest BCUT2D eigenvalue weighted by atomic mass is 32.1. The van der Waals surface area contributed by atoms with Gasteiger partial charge in [0.15, 0.2) is 0 Å².